The van der Waals surface area contributed by atoms with Crippen molar-refractivity contribution in [3.63, 3.8) is 0 Å². The molecule has 43 heavy (non-hydrogen) atoms. The van der Waals surface area contributed by atoms with E-state index in [1.165, 1.54) is 28.8 Å². The highest BCUT2D eigenvalue weighted by Gasteiger charge is 2.42. The highest BCUT2D eigenvalue weighted by Crippen LogP contribution is 2.33. The van der Waals surface area contributed by atoms with E-state index in [2.05, 4.69) is 11.9 Å². The summed E-state index contributed by atoms with van der Waals surface area (Å²) in [5.74, 6) is -1.34. The third kappa shape index (κ3) is 7.29. The average Bonchev–Trinajstić information content (AvgIpc) is 3.14. The molecule has 8 nitrogen and oxygen atoms in total. The van der Waals surface area contributed by atoms with E-state index in [1.807, 2.05) is 74.5 Å². The maximum Gasteiger partial charge on any atom is 0.255 e. The van der Waals surface area contributed by atoms with Crippen LogP contribution in [0.15, 0.2) is 91.5 Å². The summed E-state index contributed by atoms with van der Waals surface area (Å²) >= 11 is 1.42. The number of nitrogens with zero attached hydrogens (tertiary/aromatic N) is 2. The van der Waals surface area contributed by atoms with E-state index in [9.17, 15) is 24.6 Å². The van der Waals surface area contributed by atoms with Crippen molar-refractivity contribution in [1.82, 2.24) is 15.1 Å². The molecule has 1 heterocycles. The lowest BCUT2D eigenvalue weighted by Crippen LogP contribution is -2.56. The molecule has 0 radical (unpaired) electrons. The summed E-state index contributed by atoms with van der Waals surface area (Å²) in [6.07, 6.45) is 0.563. The van der Waals surface area contributed by atoms with Crippen molar-refractivity contribution in [3.8, 4) is 5.75 Å². The Hall–Kier alpha value is -4.08. The van der Waals surface area contributed by atoms with Gasteiger partial charge in [-0.2, -0.15) is 0 Å². The van der Waals surface area contributed by atoms with Crippen molar-refractivity contribution in [3.05, 3.63) is 114 Å². The Balaban J connectivity index is 1.59. The molecule has 0 bridgehead atoms. The van der Waals surface area contributed by atoms with Crippen LogP contribution in [0.3, 0.4) is 0 Å². The number of benzene rings is 3. The molecule has 226 valence electrons. The van der Waals surface area contributed by atoms with Gasteiger partial charge in [0.25, 0.3) is 17.7 Å². The van der Waals surface area contributed by atoms with E-state index in [-0.39, 0.29) is 40.9 Å². The van der Waals surface area contributed by atoms with Gasteiger partial charge < -0.3 is 25.3 Å². The van der Waals surface area contributed by atoms with Gasteiger partial charge in [-0.15, -0.1) is 18.3 Å². The number of carbonyl (C=O) groups excluding carboxylic acids is 3. The van der Waals surface area contributed by atoms with Crippen LogP contribution in [-0.2, 0) is 16.0 Å². The van der Waals surface area contributed by atoms with Gasteiger partial charge in [-0.3, -0.25) is 14.4 Å². The predicted octanol–water partition coefficient (Wildman–Crippen LogP) is 4.82. The molecule has 0 saturated carbocycles. The minimum atomic E-state index is -1.63. The summed E-state index contributed by atoms with van der Waals surface area (Å²) in [6, 6.07) is 21.7. The zero-order valence-corrected chi connectivity index (χ0v) is 25.5. The van der Waals surface area contributed by atoms with Gasteiger partial charge in [0.15, 0.2) is 6.10 Å². The van der Waals surface area contributed by atoms with Gasteiger partial charge in [-0.05, 0) is 56.9 Å². The number of aliphatic hydroxyl groups is 1. The number of amides is 3. The topological polar surface area (TPSA) is 110 Å². The molecular weight excluding hydrogens is 562 g/mol. The second-order valence-electron chi connectivity index (χ2n) is 10.7. The van der Waals surface area contributed by atoms with Crippen LogP contribution in [0, 0.1) is 6.92 Å². The standard InChI is InChI=1S/C34H39N3O5S/c1-5-29-33(41)37(23(3)26-15-10-7-11-16-26)24(4)43-21-36(29)34(42)31(39)28(20-19-25-13-8-6-9-14-25)35-32(40)27-17-12-18-30(38)22(27)2/h5-18,23-24,28-29,31,38-39H,1,19-21H2,2-4H3,(H,35,40)/t23-,24?,28-,29-,31-/m0/s1. The van der Waals surface area contributed by atoms with E-state index in [0.29, 0.717) is 12.0 Å². The summed E-state index contributed by atoms with van der Waals surface area (Å²) in [7, 11) is 0. The van der Waals surface area contributed by atoms with Crippen molar-refractivity contribution in [2.45, 2.75) is 63.2 Å². The fourth-order valence-electron chi connectivity index (χ4n) is 5.37. The molecule has 1 saturated heterocycles. The Kier molecular flexibility index (Phi) is 10.7. The quantitative estimate of drug-likeness (QED) is 0.288. The number of aliphatic hydroxyl groups excluding tert-OH is 1. The molecule has 1 aliphatic rings. The zero-order valence-electron chi connectivity index (χ0n) is 24.7. The molecule has 5 atom stereocenters. The normalized spacial score (nSPS) is 19.2. The fourth-order valence-corrected chi connectivity index (χ4v) is 6.49. The lowest BCUT2D eigenvalue weighted by Gasteiger charge is -2.35. The maximum absolute atomic E-state index is 14.0. The van der Waals surface area contributed by atoms with Gasteiger partial charge >= 0.3 is 0 Å². The Labute approximate surface area is 257 Å². The second kappa shape index (κ2) is 14.4. The number of phenols is 1. The second-order valence-corrected chi connectivity index (χ2v) is 12.0. The Bertz CT molecular complexity index is 1430. The van der Waals surface area contributed by atoms with Crippen molar-refractivity contribution >= 4 is 29.5 Å². The lowest BCUT2D eigenvalue weighted by atomic mass is 9.98. The van der Waals surface area contributed by atoms with Crippen LogP contribution in [0.25, 0.3) is 0 Å². The number of thioether (sulfide) groups is 1. The first-order valence-corrected chi connectivity index (χ1v) is 15.4. The van der Waals surface area contributed by atoms with Crippen LogP contribution in [0.4, 0.5) is 0 Å². The zero-order chi connectivity index (χ0) is 31.1. The molecule has 3 amide bonds. The molecule has 0 aliphatic carbocycles. The molecule has 3 aromatic carbocycles. The Morgan fingerprint density at radius 2 is 1.72 bits per heavy atom. The van der Waals surface area contributed by atoms with Crippen molar-refractivity contribution in [2.24, 2.45) is 0 Å². The number of carbonyl (C=O) groups is 3. The third-order valence-corrected chi connectivity index (χ3v) is 9.12. The van der Waals surface area contributed by atoms with Crippen molar-refractivity contribution in [1.29, 1.82) is 0 Å². The molecule has 1 unspecified atom stereocenters. The molecule has 1 aliphatic heterocycles. The molecule has 0 aromatic heterocycles. The molecule has 3 N–H and O–H groups in total. The first kappa shape index (κ1) is 31.8. The smallest absolute Gasteiger partial charge is 0.255 e. The molecule has 1 fully saturated rings. The fraction of sp³-hybridized carbons (Fsp3) is 0.324. The Morgan fingerprint density at radius 1 is 1.07 bits per heavy atom. The summed E-state index contributed by atoms with van der Waals surface area (Å²) in [5.41, 5.74) is 2.59. The molecule has 3 aromatic rings. The van der Waals surface area contributed by atoms with Gasteiger partial charge in [0, 0.05) is 11.1 Å². The number of phenolic OH excluding ortho intramolecular Hbond substituents is 1. The maximum atomic E-state index is 14.0. The van der Waals surface area contributed by atoms with E-state index >= 15 is 0 Å². The molecule has 9 heteroatoms. The summed E-state index contributed by atoms with van der Waals surface area (Å²) in [4.78, 5) is 44.3. The number of hydrogen-bond donors (Lipinski definition) is 3. The van der Waals surface area contributed by atoms with E-state index in [0.717, 1.165) is 11.1 Å². The van der Waals surface area contributed by atoms with Crippen LogP contribution < -0.4 is 5.32 Å². The van der Waals surface area contributed by atoms with E-state index in [4.69, 9.17) is 0 Å². The SMILES string of the molecule is C=C[C@H]1C(=O)N([C@@H](C)c2ccccc2)C(C)SCN1C(=O)[C@@H](O)[C@H](CCc1ccccc1)NC(=O)c1cccc(O)c1C. The van der Waals surface area contributed by atoms with Crippen LogP contribution in [-0.4, -0.2) is 67.2 Å². The van der Waals surface area contributed by atoms with E-state index in [1.54, 1.807) is 24.0 Å². The average molecular weight is 602 g/mol. The predicted molar refractivity (Wildman–Crippen MR) is 169 cm³/mol. The minimum absolute atomic E-state index is 0.0255. The lowest BCUT2D eigenvalue weighted by molar-refractivity contribution is -0.149. The number of nitrogens with one attached hydrogen (secondary N) is 1. The van der Waals surface area contributed by atoms with Crippen LogP contribution >= 0.6 is 11.8 Å². The monoisotopic (exact) mass is 601 g/mol. The molecule has 0 spiro atoms. The van der Waals surface area contributed by atoms with Gasteiger partial charge in [-0.1, -0.05) is 72.8 Å². The molecule has 4 rings (SSSR count). The van der Waals surface area contributed by atoms with Crippen molar-refractivity contribution < 1.29 is 24.6 Å². The highest BCUT2D eigenvalue weighted by molar-refractivity contribution is 7.99. The van der Waals surface area contributed by atoms with Gasteiger partial charge in [0.1, 0.15) is 11.8 Å². The van der Waals surface area contributed by atoms with Crippen LogP contribution in [0.2, 0.25) is 0 Å². The van der Waals surface area contributed by atoms with Gasteiger partial charge in [0.05, 0.1) is 23.3 Å². The number of hydrogen-bond acceptors (Lipinski definition) is 6. The summed E-state index contributed by atoms with van der Waals surface area (Å²) in [5, 5.41) is 24.2. The van der Waals surface area contributed by atoms with Gasteiger partial charge in [0.2, 0.25) is 0 Å². The third-order valence-electron chi connectivity index (χ3n) is 7.98. The van der Waals surface area contributed by atoms with E-state index < -0.39 is 30.0 Å². The highest BCUT2D eigenvalue weighted by atomic mass is 32.2. The largest absolute Gasteiger partial charge is 0.508 e. The van der Waals surface area contributed by atoms with Crippen LogP contribution in [0.1, 0.15) is 53.4 Å². The van der Waals surface area contributed by atoms with Gasteiger partial charge in [-0.25, -0.2) is 0 Å². The van der Waals surface area contributed by atoms with Crippen LogP contribution in [0.5, 0.6) is 5.75 Å². The first-order chi connectivity index (χ1) is 20.6. The molecular formula is C34H39N3O5S. The number of rotatable bonds is 10. The summed E-state index contributed by atoms with van der Waals surface area (Å²) < 4.78 is 0. The minimum Gasteiger partial charge on any atom is -0.508 e. The summed E-state index contributed by atoms with van der Waals surface area (Å²) in [6.45, 7) is 9.37. The first-order valence-electron chi connectivity index (χ1n) is 14.4. The number of aromatic hydroxyl groups is 1. The Morgan fingerprint density at radius 3 is 2.37 bits per heavy atom. The number of aryl methyl sites for hydroxylation is 1. The van der Waals surface area contributed by atoms with Crippen molar-refractivity contribution in [2.75, 3.05) is 5.88 Å².